The Hall–Kier alpha value is -0.370. The zero-order valence-corrected chi connectivity index (χ0v) is 6.05. The normalized spacial score (nSPS) is 34.1. The number of carbonyl (C=O) groups is 1. The molecule has 0 N–H and O–H groups in total. The van der Waals surface area contributed by atoms with Gasteiger partial charge < -0.3 is 9.53 Å². The van der Waals surface area contributed by atoms with E-state index >= 15 is 0 Å². The minimum absolute atomic E-state index is 0.120. The highest BCUT2D eigenvalue weighted by molar-refractivity contribution is 5.60. The van der Waals surface area contributed by atoms with Crippen molar-refractivity contribution >= 4 is 6.29 Å². The molecular weight excluding hydrogens is 116 g/mol. The van der Waals surface area contributed by atoms with E-state index in [9.17, 15) is 4.79 Å². The summed E-state index contributed by atoms with van der Waals surface area (Å²) < 4.78 is 5.06. The zero-order chi connectivity index (χ0) is 7.07. The lowest BCUT2D eigenvalue weighted by Gasteiger charge is -2.12. The molecule has 1 aliphatic heterocycles. The Morgan fingerprint density at radius 3 is 2.11 bits per heavy atom. The van der Waals surface area contributed by atoms with E-state index in [0.29, 0.717) is 0 Å². The standard InChI is InChI=1S/C7H12O2/c1-7(2,3)6-5(4-8)9-6/h4-6H,1-3H3/t5-,6+/m1/s1. The van der Waals surface area contributed by atoms with Crippen LogP contribution in [0, 0.1) is 5.41 Å². The van der Waals surface area contributed by atoms with Crippen LogP contribution in [-0.2, 0) is 9.53 Å². The Morgan fingerprint density at radius 1 is 1.44 bits per heavy atom. The first-order valence-electron chi connectivity index (χ1n) is 3.16. The predicted molar refractivity (Wildman–Crippen MR) is 34.2 cm³/mol. The molecule has 9 heavy (non-hydrogen) atoms. The van der Waals surface area contributed by atoms with Crippen molar-refractivity contribution in [3.63, 3.8) is 0 Å². The highest BCUT2D eigenvalue weighted by Crippen LogP contribution is 2.36. The van der Waals surface area contributed by atoms with Crippen LogP contribution in [-0.4, -0.2) is 18.5 Å². The van der Waals surface area contributed by atoms with Crippen LogP contribution in [0.3, 0.4) is 0 Å². The second-order valence-electron chi connectivity index (χ2n) is 3.52. The van der Waals surface area contributed by atoms with Crippen molar-refractivity contribution in [2.24, 2.45) is 5.41 Å². The molecule has 2 nitrogen and oxygen atoms in total. The van der Waals surface area contributed by atoms with Crippen molar-refractivity contribution in [3.05, 3.63) is 0 Å². The van der Waals surface area contributed by atoms with Crippen LogP contribution in [0.4, 0.5) is 0 Å². The summed E-state index contributed by atoms with van der Waals surface area (Å²) in [7, 11) is 0. The number of hydrogen-bond donors (Lipinski definition) is 0. The van der Waals surface area contributed by atoms with Gasteiger partial charge in [0.05, 0.1) is 6.10 Å². The maximum atomic E-state index is 10.1. The molecule has 0 unspecified atom stereocenters. The molecule has 1 rings (SSSR count). The maximum Gasteiger partial charge on any atom is 0.151 e. The number of epoxide rings is 1. The molecule has 0 radical (unpaired) electrons. The molecule has 1 saturated heterocycles. The maximum absolute atomic E-state index is 10.1. The van der Waals surface area contributed by atoms with Crippen LogP contribution in [0.25, 0.3) is 0 Å². The monoisotopic (exact) mass is 128 g/mol. The minimum Gasteiger partial charge on any atom is -0.361 e. The van der Waals surface area contributed by atoms with E-state index in [1.807, 2.05) is 0 Å². The summed E-state index contributed by atoms with van der Waals surface area (Å²) >= 11 is 0. The molecule has 0 bridgehead atoms. The second kappa shape index (κ2) is 1.81. The summed E-state index contributed by atoms with van der Waals surface area (Å²) in [5.41, 5.74) is 0.131. The van der Waals surface area contributed by atoms with Crippen LogP contribution >= 0.6 is 0 Å². The topological polar surface area (TPSA) is 29.6 Å². The second-order valence-corrected chi connectivity index (χ2v) is 3.52. The molecule has 0 aromatic heterocycles. The SMILES string of the molecule is CC(C)(C)[C@H]1O[C@@H]1C=O. The summed E-state index contributed by atoms with van der Waals surface area (Å²) in [6, 6.07) is 0. The molecule has 0 aromatic rings. The Bertz CT molecular complexity index is 123. The molecule has 0 spiro atoms. The van der Waals surface area contributed by atoms with Gasteiger partial charge in [-0.05, 0) is 5.41 Å². The van der Waals surface area contributed by atoms with Crippen LogP contribution in [0.1, 0.15) is 20.8 Å². The van der Waals surface area contributed by atoms with Gasteiger partial charge >= 0.3 is 0 Å². The average molecular weight is 128 g/mol. The fourth-order valence-electron chi connectivity index (χ4n) is 0.924. The van der Waals surface area contributed by atoms with Crippen molar-refractivity contribution in [3.8, 4) is 0 Å². The van der Waals surface area contributed by atoms with Crippen molar-refractivity contribution in [2.75, 3.05) is 0 Å². The molecule has 0 saturated carbocycles. The largest absolute Gasteiger partial charge is 0.361 e. The van der Waals surface area contributed by atoms with Crippen molar-refractivity contribution < 1.29 is 9.53 Å². The summed E-state index contributed by atoms with van der Waals surface area (Å²) in [6.45, 7) is 6.21. The Balaban J connectivity index is 2.42. The lowest BCUT2D eigenvalue weighted by molar-refractivity contribution is -0.108. The average Bonchev–Trinajstić information content (AvgIpc) is 2.39. The molecule has 2 atom stereocenters. The summed E-state index contributed by atoms with van der Waals surface area (Å²) in [6.07, 6.45) is 0.913. The first kappa shape index (κ1) is 6.75. The highest BCUT2D eigenvalue weighted by Gasteiger charge is 2.46. The molecule has 1 heterocycles. The van der Waals surface area contributed by atoms with Gasteiger partial charge in [0.2, 0.25) is 0 Å². The smallest absolute Gasteiger partial charge is 0.151 e. The summed E-state index contributed by atoms with van der Waals surface area (Å²) in [4.78, 5) is 10.1. The van der Waals surface area contributed by atoms with Gasteiger partial charge in [-0.1, -0.05) is 20.8 Å². The van der Waals surface area contributed by atoms with Gasteiger partial charge in [0.25, 0.3) is 0 Å². The first-order chi connectivity index (χ1) is 4.05. The quantitative estimate of drug-likeness (QED) is 0.389. The number of ether oxygens (including phenoxy) is 1. The van der Waals surface area contributed by atoms with Crippen LogP contribution in [0.5, 0.6) is 0 Å². The zero-order valence-electron chi connectivity index (χ0n) is 6.05. The first-order valence-corrected chi connectivity index (χ1v) is 3.16. The number of hydrogen-bond acceptors (Lipinski definition) is 2. The molecule has 1 aliphatic rings. The summed E-state index contributed by atoms with van der Waals surface area (Å²) in [5.74, 6) is 0. The Morgan fingerprint density at radius 2 is 2.00 bits per heavy atom. The lowest BCUT2D eigenvalue weighted by atomic mass is 9.90. The Labute approximate surface area is 55.2 Å². The van der Waals surface area contributed by atoms with Gasteiger partial charge in [-0.3, -0.25) is 0 Å². The van der Waals surface area contributed by atoms with Gasteiger partial charge in [0, 0.05) is 0 Å². The van der Waals surface area contributed by atoms with E-state index in [-0.39, 0.29) is 17.6 Å². The van der Waals surface area contributed by atoms with Crippen LogP contribution in [0.2, 0.25) is 0 Å². The van der Waals surface area contributed by atoms with Crippen molar-refractivity contribution in [1.82, 2.24) is 0 Å². The van der Waals surface area contributed by atoms with Gasteiger partial charge in [-0.2, -0.15) is 0 Å². The minimum atomic E-state index is -0.120. The lowest BCUT2D eigenvalue weighted by Crippen LogP contribution is -2.16. The molecule has 1 fully saturated rings. The molecule has 0 aliphatic carbocycles. The van der Waals surface area contributed by atoms with Crippen LogP contribution < -0.4 is 0 Å². The fraction of sp³-hybridized carbons (Fsp3) is 0.857. The molecular formula is C7H12O2. The van der Waals surface area contributed by atoms with E-state index < -0.39 is 0 Å². The van der Waals surface area contributed by atoms with Gasteiger partial charge in [0.15, 0.2) is 6.29 Å². The third-order valence-electron chi connectivity index (χ3n) is 1.51. The van der Waals surface area contributed by atoms with Gasteiger partial charge in [-0.25, -0.2) is 0 Å². The van der Waals surface area contributed by atoms with E-state index in [0.717, 1.165) is 6.29 Å². The third kappa shape index (κ3) is 1.30. The Kier molecular flexibility index (Phi) is 1.35. The van der Waals surface area contributed by atoms with Crippen LogP contribution in [0.15, 0.2) is 0 Å². The highest BCUT2D eigenvalue weighted by atomic mass is 16.6. The van der Waals surface area contributed by atoms with Crippen molar-refractivity contribution in [1.29, 1.82) is 0 Å². The molecule has 0 amide bonds. The third-order valence-corrected chi connectivity index (χ3v) is 1.51. The number of carbonyl (C=O) groups excluding carboxylic acids is 1. The van der Waals surface area contributed by atoms with Gasteiger partial charge in [-0.15, -0.1) is 0 Å². The molecule has 52 valence electrons. The summed E-state index contributed by atoms with van der Waals surface area (Å²) in [5, 5.41) is 0. The number of aldehydes is 1. The van der Waals surface area contributed by atoms with E-state index in [4.69, 9.17) is 4.74 Å². The van der Waals surface area contributed by atoms with E-state index in [2.05, 4.69) is 20.8 Å². The predicted octanol–water partition coefficient (Wildman–Crippen LogP) is 0.999. The van der Waals surface area contributed by atoms with E-state index in [1.54, 1.807) is 0 Å². The van der Waals surface area contributed by atoms with Gasteiger partial charge in [0.1, 0.15) is 6.10 Å². The fourth-order valence-corrected chi connectivity index (χ4v) is 0.924. The molecule has 0 aromatic carbocycles. The number of rotatable bonds is 1. The van der Waals surface area contributed by atoms with E-state index in [1.165, 1.54) is 0 Å². The molecule has 2 heteroatoms. The van der Waals surface area contributed by atoms with Crippen molar-refractivity contribution in [2.45, 2.75) is 33.0 Å².